The fourth-order valence-electron chi connectivity index (χ4n) is 4.86. The summed E-state index contributed by atoms with van der Waals surface area (Å²) < 4.78 is 0. The molecule has 0 radical (unpaired) electrons. The van der Waals surface area contributed by atoms with Gasteiger partial charge in [0.25, 0.3) is 0 Å². The van der Waals surface area contributed by atoms with Gasteiger partial charge in [0.05, 0.1) is 0 Å². The molecule has 1 aliphatic heterocycles. The molecule has 3 aromatic carbocycles. The molecule has 2 nitrogen and oxygen atoms in total. The Morgan fingerprint density at radius 1 is 1.00 bits per heavy atom. The van der Waals surface area contributed by atoms with Crippen LogP contribution in [0.25, 0.3) is 10.8 Å². The summed E-state index contributed by atoms with van der Waals surface area (Å²) in [5.74, 6) is 0.347. The zero-order chi connectivity index (χ0) is 21.5. The number of anilines is 1. The Labute approximate surface area is 180 Å². The van der Waals surface area contributed by atoms with E-state index in [9.17, 15) is 4.79 Å². The molecule has 0 spiro atoms. The summed E-state index contributed by atoms with van der Waals surface area (Å²) in [6.45, 7) is 12.8. The molecule has 0 bridgehead atoms. The topological polar surface area (TPSA) is 20.3 Å². The van der Waals surface area contributed by atoms with Crippen molar-refractivity contribution in [3.05, 3.63) is 76.3 Å². The van der Waals surface area contributed by atoms with E-state index in [2.05, 4.69) is 88.0 Å². The normalized spacial score (nSPS) is 13.7. The smallest absolute Gasteiger partial charge is 0.137 e. The van der Waals surface area contributed by atoms with Gasteiger partial charge in [0.1, 0.15) is 5.78 Å². The molecule has 0 fully saturated rings. The lowest BCUT2D eigenvalue weighted by Gasteiger charge is -2.23. The highest BCUT2D eigenvalue weighted by Crippen LogP contribution is 2.36. The van der Waals surface area contributed by atoms with Crippen molar-refractivity contribution >= 4 is 22.2 Å². The van der Waals surface area contributed by atoms with Crippen LogP contribution in [-0.4, -0.2) is 12.3 Å². The third-order valence-electron chi connectivity index (χ3n) is 6.30. The summed E-state index contributed by atoms with van der Waals surface area (Å²) >= 11 is 0. The Kier molecular flexibility index (Phi) is 5.44. The van der Waals surface area contributed by atoms with Gasteiger partial charge in [-0.05, 0) is 76.4 Å². The zero-order valence-electron chi connectivity index (χ0n) is 19.0. The average molecular weight is 400 g/mol. The Hall–Kier alpha value is -2.61. The summed E-state index contributed by atoms with van der Waals surface area (Å²) in [4.78, 5) is 15.1. The number of aryl methyl sites for hydroxylation is 1. The molecular formula is C28H33NO. The molecule has 3 aromatic rings. The number of fused-ring (bicyclic) bond motifs is 2. The third-order valence-corrected chi connectivity index (χ3v) is 6.30. The molecule has 1 aliphatic rings. The number of carbonyl (C=O) groups is 1. The number of nitrogens with zero attached hydrogens (tertiary/aromatic N) is 1. The van der Waals surface area contributed by atoms with E-state index in [4.69, 9.17) is 0 Å². The van der Waals surface area contributed by atoms with Crippen LogP contribution in [0.1, 0.15) is 55.0 Å². The molecule has 2 heteroatoms. The van der Waals surface area contributed by atoms with E-state index in [0.29, 0.717) is 18.6 Å². The van der Waals surface area contributed by atoms with Crippen molar-refractivity contribution in [1.82, 2.24) is 0 Å². The number of benzene rings is 3. The lowest BCUT2D eigenvalue weighted by molar-refractivity contribution is -0.120. The molecule has 0 saturated carbocycles. The summed E-state index contributed by atoms with van der Waals surface area (Å²) in [6.07, 6.45) is 2.26. The first-order valence-corrected chi connectivity index (χ1v) is 11.1. The molecule has 4 rings (SSSR count). The number of ketones is 1. The maximum atomic E-state index is 12.6. The van der Waals surface area contributed by atoms with Crippen molar-refractivity contribution in [3.8, 4) is 0 Å². The fourth-order valence-corrected chi connectivity index (χ4v) is 4.86. The van der Waals surface area contributed by atoms with Gasteiger partial charge in [0, 0.05) is 31.6 Å². The molecule has 0 amide bonds. The fraction of sp³-hybridized carbons (Fsp3) is 0.393. The Morgan fingerprint density at radius 2 is 1.73 bits per heavy atom. The van der Waals surface area contributed by atoms with Crippen molar-refractivity contribution in [3.63, 3.8) is 0 Å². The highest BCUT2D eigenvalue weighted by Gasteiger charge is 2.25. The molecule has 1 heterocycles. The van der Waals surface area contributed by atoms with Crippen LogP contribution in [0.15, 0.2) is 48.5 Å². The minimum atomic E-state index is 0.0479. The first kappa shape index (κ1) is 20.7. The van der Waals surface area contributed by atoms with Gasteiger partial charge in [-0.15, -0.1) is 0 Å². The van der Waals surface area contributed by atoms with Crippen molar-refractivity contribution in [2.75, 3.05) is 11.4 Å². The van der Waals surface area contributed by atoms with E-state index in [-0.39, 0.29) is 5.41 Å². The second kappa shape index (κ2) is 7.91. The van der Waals surface area contributed by atoms with E-state index in [0.717, 1.165) is 19.5 Å². The minimum Gasteiger partial charge on any atom is -0.367 e. The van der Waals surface area contributed by atoms with Gasteiger partial charge in [-0.1, -0.05) is 57.2 Å². The minimum absolute atomic E-state index is 0.0479. The standard InChI is InChI=1S/C28H33NO/c1-19-14-27-25(20(2)26(19)16-24(30)17-28(3,4)5)12-13-29(27)18-21-10-11-22-8-6-7-9-23(22)15-21/h6-11,14-15H,12-13,16-18H2,1-5H3. The van der Waals surface area contributed by atoms with Gasteiger partial charge in [0.2, 0.25) is 0 Å². The average Bonchev–Trinajstić information content (AvgIpc) is 3.06. The number of hydrogen-bond acceptors (Lipinski definition) is 2. The van der Waals surface area contributed by atoms with Crippen LogP contribution in [-0.2, 0) is 24.2 Å². The number of hydrogen-bond donors (Lipinski definition) is 0. The van der Waals surface area contributed by atoms with Crippen LogP contribution >= 0.6 is 0 Å². The molecule has 0 N–H and O–H groups in total. The maximum absolute atomic E-state index is 12.6. The number of carbonyl (C=O) groups excluding carboxylic acids is 1. The lowest BCUT2D eigenvalue weighted by Crippen LogP contribution is -2.20. The van der Waals surface area contributed by atoms with Crippen LogP contribution in [0.4, 0.5) is 5.69 Å². The van der Waals surface area contributed by atoms with E-state index >= 15 is 0 Å². The van der Waals surface area contributed by atoms with E-state index in [1.54, 1.807) is 0 Å². The SMILES string of the molecule is Cc1cc2c(c(C)c1CC(=O)CC(C)(C)C)CCN2Cc1ccc2ccccc2c1. The van der Waals surface area contributed by atoms with Crippen molar-refractivity contribution in [2.45, 2.75) is 60.4 Å². The van der Waals surface area contributed by atoms with E-state index in [1.807, 2.05) is 0 Å². The Morgan fingerprint density at radius 3 is 2.47 bits per heavy atom. The number of Topliss-reactive ketones (excluding diaryl/α,β-unsaturated/α-hetero) is 1. The molecule has 156 valence electrons. The molecule has 0 atom stereocenters. The van der Waals surface area contributed by atoms with Gasteiger partial charge in [-0.3, -0.25) is 4.79 Å². The maximum Gasteiger partial charge on any atom is 0.137 e. The number of rotatable bonds is 5. The summed E-state index contributed by atoms with van der Waals surface area (Å²) in [6, 6.07) is 17.6. The molecular weight excluding hydrogens is 366 g/mol. The van der Waals surface area contributed by atoms with Gasteiger partial charge < -0.3 is 4.90 Å². The largest absolute Gasteiger partial charge is 0.367 e. The first-order chi connectivity index (χ1) is 14.2. The van der Waals surface area contributed by atoms with E-state index in [1.165, 1.54) is 44.3 Å². The Bertz CT molecular complexity index is 1100. The van der Waals surface area contributed by atoms with Gasteiger partial charge in [-0.25, -0.2) is 0 Å². The van der Waals surface area contributed by atoms with Crippen molar-refractivity contribution < 1.29 is 4.79 Å². The predicted molar refractivity (Wildman–Crippen MR) is 127 cm³/mol. The lowest BCUT2D eigenvalue weighted by atomic mass is 9.86. The van der Waals surface area contributed by atoms with Crippen molar-refractivity contribution in [2.24, 2.45) is 5.41 Å². The van der Waals surface area contributed by atoms with Crippen LogP contribution in [0, 0.1) is 19.3 Å². The highest BCUT2D eigenvalue weighted by molar-refractivity contribution is 5.84. The first-order valence-electron chi connectivity index (χ1n) is 11.1. The summed E-state index contributed by atoms with van der Waals surface area (Å²) in [7, 11) is 0. The van der Waals surface area contributed by atoms with Crippen molar-refractivity contribution in [1.29, 1.82) is 0 Å². The van der Waals surface area contributed by atoms with E-state index < -0.39 is 0 Å². The predicted octanol–water partition coefficient (Wildman–Crippen LogP) is 6.57. The highest BCUT2D eigenvalue weighted by atomic mass is 16.1. The van der Waals surface area contributed by atoms with Gasteiger partial charge in [-0.2, -0.15) is 0 Å². The summed E-state index contributed by atoms with van der Waals surface area (Å²) in [5, 5.41) is 2.59. The Balaban J connectivity index is 1.58. The third kappa shape index (κ3) is 4.28. The monoisotopic (exact) mass is 399 g/mol. The van der Waals surface area contributed by atoms with Crippen LogP contribution < -0.4 is 4.90 Å². The second-order valence-corrected chi connectivity index (χ2v) is 10.1. The van der Waals surface area contributed by atoms with Crippen LogP contribution in [0.3, 0.4) is 0 Å². The van der Waals surface area contributed by atoms with Crippen LogP contribution in [0.5, 0.6) is 0 Å². The molecule has 30 heavy (non-hydrogen) atoms. The second-order valence-electron chi connectivity index (χ2n) is 10.1. The van der Waals surface area contributed by atoms with Crippen LogP contribution in [0.2, 0.25) is 0 Å². The quantitative estimate of drug-likeness (QED) is 0.484. The molecule has 0 saturated heterocycles. The van der Waals surface area contributed by atoms with Gasteiger partial charge >= 0.3 is 0 Å². The molecule has 0 unspecified atom stereocenters. The zero-order valence-corrected chi connectivity index (χ0v) is 19.0. The summed E-state index contributed by atoms with van der Waals surface area (Å²) in [5.41, 5.74) is 8.00. The molecule has 0 aliphatic carbocycles. The molecule has 0 aromatic heterocycles. The van der Waals surface area contributed by atoms with Gasteiger partial charge in [0.15, 0.2) is 0 Å².